The Morgan fingerprint density at radius 1 is 1.04 bits per heavy atom. The maximum atomic E-state index is 12.4. The van der Waals surface area contributed by atoms with Gasteiger partial charge in [0.1, 0.15) is 11.4 Å². The molecule has 0 bridgehead atoms. The summed E-state index contributed by atoms with van der Waals surface area (Å²) in [5, 5.41) is 6.15. The number of anilines is 2. The first-order valence-corrected chi connectivity index (χ1v) is 8.35. The predicted octanol–water partition coefficient (Wildman–Crippen LogP) is 4.07. The molecule has 0 saturated carbocycles. The van der Waals surface area contributed by atoms with Crippen LogP contribution in [0.3, 0.4) is 0 Å². The lowest BCUT2D eigenvalue weighted by atomic mass is 10.1. The first-order valence-electron chi connectivity index (χ1n) is 8.35. The van der Waals surface area contributed by atoms with Crippen molar-refractivity contribution in [2.24, 2.45) is 0 Å². The molecule has 0 spiro atoms. The molecule has 132 valence electrons. The third kappa shape index (κ3) is 4.60. The van der Waals surface area contributed by atoms with Gasteiger partial charge in [0.15, 0.2) is 0 Å². The minimum absolute atomic E-state index is 0.208. The first-order chi connectivity index (χ1) is 12.6. The van der Waals surface area contributed by atoms with E-state index in [2.05, 4.69) is 15.6 Å². The summed E-state index contributed by atoms with van der Waals surface area (Å²) in [4.78, 5) is 16.5. The van der Waals surface area contributed by atoms with E-state index in [0.717, 1.165) is 22.7 Å². The zero-order valence-corrected chi connectivity index (χ0v) is 14.8. The highest BCUT2D eigenvalue weighted by Crippen LogP contribution is 2.21. The van der Waals surface area contributed by atoms with Crippen molar-refractivity contribution < 1.29 is 9.53 Å². The number of aromatic nitrogens is 1. The first kappa shape index (κ1) is 17.5. The summed E-state index contributed by atoms with van der Waals surface area (Å²) in [6.07, 6.45) is 1.61. The maximum absolute atomic E-state index is 12.4. The van der Waals surface area contributed by atoms with E-state index in [1.807, 2.05) is 61.5 Å². The Hall–Kier alpha value is -3.34. The lowest BCUT2D eigenvalue weighted by Gasteiger charge is -2.10. The average molecular weight is 347 g/mol. The van der Waals surface area contributed by atoms with Crippen molar-refractivity contribution in [3.63, 3.8) is 0 Å². The Morgan fingerprint density at radius 3 is 2.58 bits per heavy atom. The van der Waals surface area contributed by atoms with Gasteiger partial charge in [0.05, 0.1) is 7.11 Å². The van der Waals surface area contributed by atoms with Gasteiger partial charge in [0, 0.05) is 30.2 Å². The Kier molecular flexibility index (Phi) is 5.49. The van der Waals surface area contributed by atoms with Crippen LogP contribution >= 0.6 is 0 Å². The van der Waals surface area contributed by atoms with E-state index in [-0.39, 0.29) is 5.91 Å². The molecule has 0 fully saturated rings. The molecule has 3 rings (SSSR count). The van der Waals surface area contributed by atoms with Crippen molar-refractivity contribution in [2.45, 2.75) is 13.5 Å². The van der Waals surface area contributed by atoms with Crippen molar-refractivity contribution >= 4 is 17.3 Å². The molecule has 0 aliphatic heterocycles. The summed E-state index contributed by atoms with van der Waals surface area (Å²) in [7, 11) is 1.63. The van der Waals surface area contributed by atoms with E-state index in [9.17, 15) is 4.79 Å². The van der Waals surface area contributed by atoms with Gasteiger partial charge in [-0.2, -0.15) is 0 Å². The molecule has 0 saturated heterocycles. The summed E-state index contributed by atoms with van der Waals surface area (Å²) in [6.45, 7) is 2.50. The fraction of sp³-hybridized carbons (Fsp3) is 0.143. The van der Waals surface area contributed by atoms with Crippen molar-refractivity contribution in [2.75, 3.05) is 12.4 Å². The second kappa shape index (κ2) is 8.16. The molecule has 3 aromatic rings. The van der Waals surface area contributed by atoms with Crippen LogP contribution in [0.4, 0.5) is 11.4 Å². The number of pyridine rings is 1. The van der Waals surface area contributed by atoms with Gasteiger partial charge in [0.25, 0.3) is 5.91 Å². The molecule has 0 unspecified atom stereocenters. The van der Waals surface area contributed by atoms with Gasteiger partial charge in [-0.3, -0.25) is 9.78 Å². The van der Waals surface area contributed by atoms with Crippen LogP contribution in [0, 0.1) is 6.92 Å². The van der Waals surface area contributed by atoms with Crippen LogP contribution in [0.15, 0.2) is 66.9 Å². The van der Waals surface area contributed by atoms with Crippen LogP contribution in [-0.4, -0.2) is 18.0 Å². The molecule has 1 amide bonds. The van der Waals surface area contributed by atoms with E-state index in [4.69, 9.17) is 4.74 Å². The zero-order valence-electron chi connectivity index (χ0n) is 14.8. The van der Waals surface area contributed by atoms with Gasteiger partial charge in [-0.15, -0.1) is 0 Å². The second-order valence-electron chi connectivity index (χ2n) is 5.95. The summed E-state index contributed by atoms with van der Waals surface area (Å²) < 4.78 is 5.22. The quantitative estimate of drug-likeness (QED) is 0.705. The minimum atomic E-state index is -0.208. The topological polar surface area (TPSA) is 63.2 Å². The molecule has 0 radical (unpaired) electrons. The van der Waals surface area contributed by atoms with Crippen molar-refractivity contribution in [3.05, 3.63) is 83.7 Å². The van der Waals surface area contributed by atoms with Gasteiger partial charge < -0.3 is 15.4 Å². The molecular weight excluding hydrogens is 326 g/mol. The number of benzene rings is 2. The van der Waals surface area contributed by atoms with Crippen LogP contribution < -0.4 is 15.4 Å². The monoisotopic (exact) mass is 347 g/mol. The lowest BCUT2D eigenvalue weighted by Crippen LogP contribution is -2.23. The van der Waals surface area contributed by atoms with Gasteiger partial charge in [-0.05, 0) is 36.8 Å². The molecule has 5 heteroatoms. The number of amides is 1. The van der Waals surface area contributed by atoms with Crippen LogP contribution in [0.2, 0.25) is 0 Å². The van der Waals surface area contributed by atoms with Crippen molar-refractivity contribution in [1.29, 1.82) is 0 Å². The molecule has 1 aromatic heterocycles. The van der Waals surface area contributed by atoms with Crippen molar-refractivity contribution in [1.82, 2.24) is 10.3 Å². The number of aryl methyl sites for hydroxylation is 1. The van der Waals surface area contributed by atoms with Gasteiger partial charge in [0.2, 0.25) is 0 Å². The summed E-state index contributed by atoms with van der Waals surface area (Å²) in [6, 6.07) is 19.2. The predicted molar refractivity (Wildman–Crippen MR) is 103 cm³/mol. The number of rotatable bonds is 6. The number of carbonyl (C=O) groups excluding carboxylic acids is 1. The molecule has 5 nitrogen and oxygen atoms in total. The standard InChI is InChI=1S/C21H21N3O2/c1-15-6-8-16(9-7-15)14-23-21(25)20-13-18(10-11-22-20)24-17-4-3-5-19(12-17)26-2/h3-13H,14H2,1-2H3,(H,22,24)(H,23,25). The van der Waals surface area contributed by atoms with Crippen molar-refractivity contribution in [3.8, 4) is 5.75 Å². The van der Waals surface area contributed by atoms with Gasteiger partial charge in [-0.25, -0.2) is 0 Å². The number of hydrogen-bond donors (Lipinski definition) is 2. The highest BCUT2D eigenvalue weighted by Gasteiger charge is 2.08. The normalized spacial score (nSPS) is 10.2. The number of nitrogens with zero attached hydrogens (tertiary/aromatic N) is 1. The summed E-state index contributed by atoms with van der Waals surface area (Å²) in [5.41, 5.74) is 4.27. The Morgan fingerprint density at radius 2 is 1.81 bits per heavy atom. The number of ether oxygens (including phenoxy) is 1. The summed E-state index contributed by atoms with van der Waals surface area (Å²) in [5.74, 6) is 0.556. The van der Waals surface area contributed by atoms with E-state index in [1.165, 1.54) is 5.56 Å². The van der Waals surface area contributed by atoms with Gasteiger partial charge in [-0.1, -0.05) is 35.9 Å². The number of methoxy groups -OCH3 is 1. The van der Waals surface area contributed by atoms with E-state index in [0.29, 0.717) is 12.2 Å². The van der Waals surface area contributed by atoms with Gasteiger partial charge >= 0.3 is 0 Å². The molecule has 2 N–H and O–H groups in total. The largest absolute Gasteiger partial charge is 0.497 e. The smallest absolute Gasteiger partial charge is 0.270 e. The fourth-order valence-electron chi connectivity index (χ4n) is 2.48. The Balaban J connectivity index is 1.65. The van der Waals surface area contributed by atoms with E-state index < -0.39 is 0 Å². The highest BCUT2D eigenvalue weighted by molar-refractivity contribution is 5.93. The fourth-order valence-corrected chi connectivity index (χ4v) is 2.48. The van der Waals surface area contributed by atoms with Crippen LogP contribution in [0.5, 0.6) is 5.75 Å². The third-order valence-corrected chi connectivity index (χ3v) is 3.92. The number of nitrogens with one attached hydrogen (secondary N) is 2. The molecule has 0 aliphatic carbocycles. The molecular formula is C21H21N3O2. The Labute approximate surface area is 153 Å². The molecule has 0 atom stereocenters. The molecule has 0 aliphatic rings. The second-order valence-corrected chi connectivity index (χ2v) is 5.95. The minimum Gasteiger partial charge on any atom is -0.497 e. The maximum Gasteiger partial charge on any atom is 0.270 e. The summed E-state index contributed by atoms with van der Waals surface area (Å²) >= 11 is 0. The molecule has 2 aromatic carbocycles. The van der Waals surface area contributed by atoms with Crippen LogP contribution in [0.1, 0.15) is 21.6 Å². The lowest BCUT2D eigenvalue weighted by molar-refractivity contribution is 0.0946. The average Bonchev–Trinajstić information content (AvgIpc) is 2.67. The van der Waals surface area contributed by atoms with E-state index in [1.54, 1.807) is 19.4 Å². The van der Waals surface area contributed by atoms with Crippen LogP contribution in [0.25, 0.3) is 0 Å². The SMILES string of the molecule is COc1cccc(Nc2ccnc(C(=O)NCc3ccc(C)cc3)c2)c1. The highest BCUT2D eigenvalue weighted by atomic mass is 16.5. The molecule has 26 heavy (non-hydrogen) atoms. The molecule has 1 heterocycles. The number of carbonyl (C=O) groups is 1. The third-order valence-electron chi connectivity index (χ3n) is 3.92. The van der Waals surface area contributed by atoms with Crippen LogP contribution in [-0.2, 0) is 6.54 Å². The van der Waals surface area contributed by atoms with E-state index >= 15 is 0 Å². The Bertz CT molecular complexity index is 892. The zero-order chi connectivity index (χ0) is 18.4. The number of hydrogen-bond acceptors (Lipinski definition) is 4.